The van der Waals surface area contributed by atoms with Crippen LogP contribution in [0.5, 0.6) is 11.6 Å². The third-order valence-corrected chi connectivity index (χ3v) is 3.96. The number of amides is 1. The molecule has 0 fully saturated rings. The molecule has 0 aliphatic heterocycles. The number of nitrogens with zero attached hydrogens (tertiary/aromatic N) is 5. The minimum absolute atomic E-state index is 0.296. The summed E-state index contributed by atoms with van der Waals surface area (Å²) in [4.78, 5) is 20.6. The molecule has 140 valence electrons. The summed E-state index contributed by atoms with van der Waals surface area (Å²) in [7, 11) is 0. The van der Waals surface area contributed by atoms with Gasteiger partial charge in [-0.3, -0.25) is 4.79 Å². The summed E-state index contributed by atoms with van der Waals surface area (Å²) in [6.45, 7) is 0. The number of hydrogen-bond acceptors (Lipinski definition) is 6. The Hall–Kier alpha value is -4.51. The number of nitrogens with one attached hydrogen (secondary N) is 1. The van der Waals surface area contributed by atoms with Crippen molar-refractivity contribution in [1.29, 1.82) is 5.26 Å². The van der Waals surface area contributed by atoms with Gasteiger partial charge in [0.05, 0.1) is 11.6 Å². The first kappa shape index (κ1) is 17.9. The highest BCUT2D eigenvalue weighted by atomic mass is 16.5. The highest BCUT2D eigenvalue weighted by molar-refractivity contribution is 6.04. The first-order chi connectivity index (χ1) is 14.2. The Balaban J connectivity index is 1.44. The molecule has 4 aromatic rings. The Morgan fingerprint density at radius 3 is 2.69 bits per heavy atom. The van der Waals surface area contributed by atoms with Crippen LogP contribution in [0.15, 0.2) is 79.4 Å². The molecule has 2 heterocycles. The predicted molar refractivity (Wildman–Crippen MR) is 105 cm³/mol. The summed E-state index contributed by atoms with van der Waals surface area (Å²) in [5.41, 5.74) is 1.45. The molecule has 8 heteroatoms. The molecule has 2 aromatic carbocycles. The third-order valence-electron chi connectivity index (χ3n) is 3.96. The standard InChI is InChI=1S/C21H14N6O2/c22-13-15-3-1-4-16(11-15)21(28)26-17-5-7-18(8-6-17)29-20-12-19(23-14-24-20)27-10-2-9-25-27/h1-12,14H,(H,26,28). The fourth-order valence-corrected chi connectivity index (χ4v) is 2.58. The smallest absolute Gasteiger partial charge is 0.255 e. The van der Waals surface area contributed by atoms with Crippen LogP contribution in [-0.4, -0.2) is 25.7 Å². The van der Waals surface area contributed by atoms with Crippen molar-refractivity contribution in [3.63, 3.8) is 0 Å². The van der Waals surface area contributed by atoms with Crippen LogP contribution >= 0.6 is 0 Å². The van der Waals surface area contributed by atoms with E-state index >= 15 is 0 Å². The molecule has 0 aliphatic carbocycles. The molecular weight excluding hydrogens is 368 g/mol. The molecule has 0 spiro atoms. The maximum atomic E-state index is 12.3. The van der Waals surface area contributed by atoms with Gasteiger partial charge in [-0.1, -0.05) is 6.07 Å². The van der Waals surface area contributed by atoms with Crippen molar-refractivity contribution >= 4 is 11.6 Å². The van der Waals surface area contributed by atoms with Crippen LogP contribution < -0.4 is 10.1 Å². The fraction of sp³-hybridized carbons (Fsp3) is 0. The molecule has 4 rings (SSSR count). The maximum Gasteiger partial charge on any atom is 0.255 e. The van der Waals surface area contributed by atoms with E-state index in [1.54, 1.807) is 77.7 Å². The van der Waals surface area contributed by atoms with E-state index in [-0.39, 0.29) is 5.91 Å². The van der Waals surface area contributed by atoms with Gasteiger partial charge in [-0.15, -0.1) is 0 Å². The van der Waals surface area contributed by atoms with E-state index in [0.29, 0.717) is 34.3 Å². The predicted octanol–water partition coefficient (Wildman–Crippen LogP) is 3.58. The molecule has 0 radical (unpaired) electrons. The van der Waals surface area contributed by atoms with Crippen molar-refractivity contribution in [3.05, 3.63) is 90.5 Å². The van der Waals surface area contributed by atoms with E-state index in [1.165, 1.54) is 6.33 Å². The molecule has 0 saturated heterocycles. The lowest BCUT2D eigenvalue weighted by molar-refractivity contribution is 0.102. The Bertz CT molecular complexity index is 1180. The lowest BCUT2D eigenvalue weighted by atomic mass is 10.1. The second kappa shape index (κ2) is 8.02. The van der Waals surface area contributed by atoms with Crippen molar-refractivity contribution in [2.24, 2.45) is 0 Å². The Morgan fingerprint density at radius 1 is 1.07 bits per heavy atom. The minimum Gasteiger partial charge on any atom is -0.439 e. The van der Waals surface area contributed by atoms with Crippen molar-refractivity contribution in [2.75, 3.05) is 5.32 Å². The molecule has 0 saturated carbocycles. The highest BCUT2D eigenvalue weighted by Crippen LogP contribution is 2.22. The molecule has 0 unspecified atom stereocenters. The van der Waals surface area contributed by atoms with Crippen molar-refractivity contribution in [3.8, 4) is 23.5 Å². The van der Waals surface area contributed by atoms with E-state index in [2.05, 4.69) is 20.4 Å². The largest absolute Gasteiger partial charge is 0.439 e. The summed E-state index contributed by atoms with van der Waals surface area (Å²) in [5, 5.41) is 15.9. The molecular formula is C21H14N6O2. The van der Waals surface area contributed by atoms with Gasteiger partial charge in [0.25, 0.3) is 5.91 Å². The van der Waals surface area contributed by atoms with E-state index in [0.717, 1.165) is 0 Å². The van der Waals surface area contributed by atoms with Gasteiger partial charge in [0.1, 0.15) is 12.1 Å². The molecule has 0 aliphatic rings. The second-order valence-electron chi connectivity index (χ2n) is 5.94. The van der Waals surface area contributed by atoms with Crippen LogP contribution in [0, 0.1) is 11.3 Å². The fourth-order valence-electron chi connectivity index (χ4n) is 2.58. The van der Waals surface area contributed by atoms with Crippen LogP contribution in [0.1, 0.15) is 15.9 Å². The molecule has 0 bridgehead atoms. The molecule has 8 nitrogen and oxygen atoms in total. The molecule has 29 heavy (non-hydrogen) atoms. The summed E-state index contributed by atoms with van der Waals surface area (Å²) < 4.78 is 7.36. The number of hydrogen-bond donors (Lipinski definition) is 1. The molecule has 0 atom stereocenters. The van der Waals surface area contributed by atoms with Gasteiger partial charge in [0.15, 0.2) is 5.82 Å². The summed E-state index contributed by atoms with van der Waals surface area (Å²) >= 11 is 0. The quantitative estimate of drug-likeness (QED) is 0.565. The zero-order chi connectivity index (χ0) is 20.1. The first-order valence-electron chi connectivity index (χ1n) is 8.63. The Kier molecular flexibility index (Phi) is 4.95. The van der Waals surface area contributed by atoms with E-state index in [1.807, 2.05) is 6.07 Å². The van der Waals surface area contributed by atoms with Crippen LogP contribution in [0.4, 0.5) is 5.69 Å². The lowest BCUT2D eigenvalue weighted by Gasteiger charge is -2.08. The average Bonchev–Trinajstić information content (AvgIpc) is 3.30. The molecule has 2 aromatic heterocycles. The average molecular weight is 382 g/mol. The summed E-state index contributed by atoms with van der Waals surface area (Å²) in [6, 6.07) is 18.9. The van der Waals surface area contributed by atoms with Gasteiger partial charge in [-0.05, 0) is 48.5 Å². The zero-order valence-electron chi connectivity index (χ0n) is 15.1. The van der Waals surface area contributed by atoms with Gasteiger partial charge in [0.2, 0.25) is 5.88 Å². The number of anilines is 1. The van der Waals surface area contributed by atoms with Crippen molar-refractivity contribution in [1.82, 2.24) is 19.7 Å². The summed E-state index contributed by atoms with van der Waals surface area (Å²) in [6.07, 6.45) is 4.83. The number of nitriles is 1. The molecule has 1 N–H and O–H groups in total. The number of aromatic nitrogens is 4. The third kappa shape index (κ3) is 4.26. The molecule has 1 amide bonds. The van der Waals surface area contributed by atoms with Gasteiger partial charge >= 0.3 is 0 Å². The Morgan fingerprint density at radius 2 is 1.93 bits per heavy atom. The number of carbonyl (C=O) groups excluding carboxylic acids is 1. The van der Waals surface area contributed by atoms with Crippen LogP contribution in [0.2, 0.25) is 0 Å². The van der Waals surface area contributed by atoms with E-state index in [4.69, 9.17) is 10.00 Å². The zero-order valence-corrected chi connectivity index (χ0v) is 15.1. The van der Waals surface area contributed by atoms with Crippen LogP contribution in [0.3, 0.4) is 0 Å². The van der Waals surface area contributed by atoms with Crippen LogP contribution in [0.25, 0.3) is 5.82 Å². The minimum atomic E-state index is -0.296. The highest BCUT2D eigenvalue weighted by Gasteiger charge is 2.08. The van der Waals surface area contributed by atoms with E-state index in [9.17, 15) is 4.79 Å². The monoisotopic (exact) mass is 382 g/mol. The number of benzene rings is 2. The Labute approximate surface area is 166 Å². The number of carbonyl (C=O) groups is 1. The van der Waals surface area contributed by atoms with Gasteiger partial charge in [-0.25, -0.2) is 14.6 Å². The lowest BCUT2D eigenvalue weighted by Crippen LogP contribution is -2.11. The SMILES string of the molecule is N#Cc1cccc(C(=O)Nc2ccc(Oc3cc(-n4cccn4)ncn3)cc2)c1. The number of rotatable bonds is 5. The topological polar surface area (TPSA) is 106 Å². The van der Waals surface area contributed by atoms with Gasteiger partial charge in [-0.2, -0.15) is 10.4 Å². The van der Waals surface area contributed by atoms with Crippen LogP contribution in [-0.2, 0) is 0 Å². The summed E-state index contributed by atoms with van der Waals surface area (Å²) in [5.74, 6) is 1.22. The number of ether oxygens (including phenoxy) is 1. The first-order valence-corrected chi connectivity index (χ1v) is 8.63. The normalized spacial score (nSPS) is 10.2. The van der Waals surface area contributed by atoms with Gasteiger partial charge in [0, 0.05) is 29.7 Å². The van der Waals surface area contributed by atoms with Crippen molar-refractivity contribution in [2.45, 2.75) is 0 Å². The van der Waals surface area contributed by atoms with E-state index < -0.39 is 0 Å². The van der Waals surface area contributed by atoms with Gasteiger partial charge < -0.3 is 10.1 Å². The maximum absolute atomic E-state index is 12.3. The van der Waals surface area contributed by atoms with Crippen molar-refractivity contribution < 1.29 is 9.53 Å². The second-order valence-corrected chi connectivity index (χ2v) is 5.94.